The van der Waals surface area contributed by atoms with Gasteiger partial charge >= 0.3 is 11.7 Å². The maximum atomic E-state index is 13.5. The molecule has 3 amide bonds. The van der Waals surface area contributed by atoms with Crippen LogP contribution in [0.4, 0.5) is 4.79 Å². The predicted octanol–water partition coefficient (Wildman–Crippen LogP) is 1.02. The highest BCUT2D eigenvalue weighted by atomic mass is 16.5. The van der Waals surface area contributed by atoms with E-state index in [2.05, 4.69) is 5.32 Å². The largest absolute Gasteiger partial charge is 0.494 e. The lowest BCUT2D eigenvalue weighted by molar-refractivity contribution is -0.148. The first-order valence-electron chi connectivity index (χ1n) is 13.8. The van der Waals surface area contributed by atoms with Crippen LogP contribution >= 0.6 is 0 Å². The van der Waals surface area contributed by atoms with E-state index in [1.807, 2.05) is 0 Å². The molecule has 5 fully saturated rings. The third-order valence-electron chi connectivity index (χ3n) is 9.80. The number of nitrogens with zero attached hydrogens (tertiary/aromatic N) is 3. The second-order valence-electron chi connectivity index (χ2n) is 12.2. The van der Waals surface area contributed by atoms with Crippen molar-refractivity contribution in [1.82, 2.24) is 19.4 Å². The van der Waals surface area contributed by atoms with Crippen molar-refractivity contribution in [1.29, 1.82) is 5.41 Å². The molecule has 3 saturated carbocycles. The van der Waals surface area contributed by atoms with Gasteiger partial charge in [-0.3, -0.25) is 29.4 Å². The summed E-state index contributed by atoms with van der Waals surface area (Å²) >= 11 is 0. The number of ether oxygens (including phenoxy) is 1. The molecule has 12 heteroatoms. The number of nitrogens with two attached hydrogens (primary N) is 1. The van der Waals surface area contributed by atoms with Gasteiger partial charge in [0.05, 0.1) is 13.2 Å². The average molecular weight is 529 g/mol. The van der Waals surface area contributed by atoms with Gasteiger partial charge in [-0.1, -0.05) is 12.8 Å². The Bertz CT molecular complexity index is 1290. The molecule has 3 aliphatic carbocycles. The molecule has 0 radical (unpaired) electrons. The third kappa shape index (κ3) is 3.78. The van der Waals surface area contributed by atoms with Gasteiger partial charge in [0.15, 0.2) is 0 Å². The van der Waals surface area contributed by atoms with Crippen LogP contribution in [0, 0.1) is 22.7 Å². The van der Waals surface area contributed by atoms with Gasteiger partial charge in [0, 0.05) is 25.0 Å². The van der Waals surface area contributed by atoms with Crippen molar-refractivity contribution in [2.45, 2.75) is 82.3 Å². The van der Waals surface area contributed by atoms with Gasteiger partial charge in [-0.25, -0.2) is 9.59 Å². The molecular formula is C26H36N6O6. The molecule has 5 N–H and O–H groups in total. The molecule has 2 saturated heterocycles. The summed E-state index contributed by atoms with van der Waals surface area (Å²) < 4.78 is 7.68. The molecule has 0 aromatic carbocycles. The number of imide groups is 1. The highest BCUT2D eigenvalue weighted by molar-refractivity contribution is 6.07. The summed E-state index contributed by atoms with van der Waals surface area (Å²) in [6, 6.07) is -0.714. The lowest BCUT2D eigenvalue weighted by Gasteiger charge is -2.58. The second kappa shape index (κ2) is 8.96. The monoisotopic (exact) mass is 528 g/mol. The Morgan fingerprint density at radius 3 is 2.26 bits per heavy atom. The SMILES string of the molecule is N=C(N)c1c(O)n(CC2CCCC2)c(=O)n(C2CCC3(CC2)CC2(C3)C(=O)NC(=O)N2CC2COC2)c1=O. The Kier molecular flexibility index (Phi) is 5.93. The Labute approximate surface area is 219 Å². The van der Waals surface area contributed by atoms with Gasteiger partial charge in [-0.15, -0.1) is 0 Å². The van der Waals surface area contributed by atoms with E-state index in [1.165, 1.54) is 9.13 Å². The van der Waals surface area contributed by atoms with E-state index in [9.17, 15) is 24.3 Å². The number of rotatable bonds is 6. The number of nitrogen functional groups attached to an aromatic ring is 1. The van der Waals surface area contributed by atoms with Crippen molar-refractivity contribution in [2.24, 2.45) is 23.0 Å². The van der Waals surface area contributed by atoms with Crippen molar-refractivity contribution >= 4 is 17.8 Å². The van der Waals surface area contributed by atoms with E-state index in [0.29, 0.717) is 64.8 Å². The van der Waals surface area contributed by atoms with Crippen LogP contribution in [-0.4, -0.2) is 62.2 Å². The Hall–Kier alpha value is -3.15. The van der Waals surface area contributed by atoms with Crippen LogP contribution in [0.3, 0.4) is 0 Å². The van der Waals surface area contributed by atoms with E-state index >= 15 is 0 Å². The quantitative estimate of drug-likeness (QED) is 0.242. The van der Waals surface area contributed by atoms with Gasteiger partial charge in [0.1, 0.15) is 16.9 Å². The van der Waals surface area contributed by atoms with Crippen molar-refractivity contribution in [2.75, 3.05) is 19.8 Å². The summed E-state index contributed by atoms with van der Waals surface area (Å²) in [6.07, 6.45) is 7.75. The number of carbonyl (C=O) groups excluding carboxylic acids is 2. The number of amides is 3. The fourth-order valence-corrected chi connectivity index (χ4v) is 7.70. The molecule has 3 heterocycles. The lowest BCUT2D eigenvalue weighted by Crippen LogP contribution is -2.65. The zero-order chi connectivity index (χ0) is 26.8. The smallest absolute Gasteiger partial charge is 0.334 e. The molecule has 0 unspecified atom stereocenters. The lowest BCUT2D eigenvalue weighted by atomic mass is 9.51. The fourth-order valence-electron chi connectivity index (χ4n) is 7.70. The van der Waals surface area contributed by atoms with Crippen molar-refractivity contribution < 1.29 is 19.4 Å². The summed E-state index contributed by atoms with van der Waals surface area (Å²) in [5.41, 5.74) is 3.16. The van der Waals surface area contributed by atoms with Crippen LogP contribution in [0.2, 0.25) is 0 Å². The van der Waals surface area contributed by atoms with Gasteiger partial charge in [0.25, 0.3) is 11.5 Å². The van der Waals surface area contributed by atoms with Crippen LogP contribution in [0.1, 0.15) is 75.8 Å². The first-order chi connectivity index (χ1) is 18.1. The summed E-state index contributed by atoms with van der Waals surface area (Å²) in [7, 11) is 0. The van der Waals surface area contributed by atoms with Crippen LogP contribution < -0.4 is 22.3 Å². The molecule has 6 rings (SSSR count). The zero-order valence-electron chi connectivity index (χ0n) is 21.5. The van der Waals surface area contributed by atoms with Crippen molar-refractivity contribution in [3.8, 4) is 5.88 Å². The fraction of sp³-hybridized carbons (Fsp3) is 0.731. The standard InChI is InChI=1S/C26H36N6O6/c27-19(28)18-20(33)30(9-15-3-1-2-4-15)24(37)32(21(18)34)17-5-7-25(8-6-17)13-26(14-25)22(35)29-23(36)31(26)10-16-11-38-12-16/h15-17,33H,1-14H2,(H3,27,28)(H,29,35,36). The van der Waals surface area contributed by atoms with E-state index < -0.39 is 28.5 Å². The number of amidine groups is 1. The predicted molar refractivity (Wildman–Crippen MR) is 136 cm³/mol. The van der Waals surface area contributed by atoms with Crippen LogP contribution in [0.5, 0.6) is 5.88 Å². The van der Waals surface area contributed by atoms with Crippen LogP contribution in [0.25, 0.3) is 0 Å². The summed E-state index contributed by atoms with van der Waals surface area (Å²) in [5, 5.41) is 21.2. The topological polar surface area (TPSA) is 173 Å². The molecule has 0 bridgehead atoms. The van der Waals surface area contributed by atoms with Gasteiger partial charge < -0.3 is 20.5 Å². The summed E-state index contributed by atoms with van der Waals surface area (Å²) in [5.74, 6) is -0.814. The van der Waals surface area contributed by atoms with Gasteiger partial charge in [0.2, 0.25) is 5.88 Å². The number of aromatic nitrogens is 2. The molecule has 5 aliphatic rings. The second-order valence-corrected chi connectivity index (χ2v) is 12.2. The molecule has 12 nitrogen and oxygen atoms in total. The molecule has 206 valence electrons. The molecule has 2 aliphatic heterocycles. The maximum Gasteiger partial charge on any atom is 0.334 e. The average Bonchev–Trinajstić information content (AvgIpc) is 3.41. The maximum absolute atomic E-state index is 13.5. The van der Waals surface area contributed by atoms with E-state index in [-0.39, 0.29) is 40.8 Å². The van der Waals surface area contributed by atoms with Crippen molar-refractivity contribution in [3.05, 3.63) is 26.4 Å². The number of nitrogens with one attached hydrogen (secondary N) is 2. The number of urea groups is 1. The zero-order valence-corrected chi connectivity index (χ0v) is 21.5. The first-order valence-corrected chi connectivity index (χ1v) is 13.8. The third-order valence-corrected chi connectivity index (χ3v) is 9.80. The highest BCUT2D eigenvalue weighted by Gasteiger charge is 2.66. The summed E-state index contributed by atoms with van der Waals surface area (Å²) in [4.78, 5) is 53.9. The minimum atomic E-state index is -0.815. The minimum Gasteiger partial charge on any atom is -0.494 e. The van der Waals surface area contributed by atoms with E-state index in [4.69, 9.17) is 15.9 Å². The van der Waals surface area contributed by atoms with Gasteiger partial charge in [-0.05, 0) is 62.7 Å². The Balaban J connectivity index is 1.22. The number of hydrogen-bond donors (Lipinski definition) is 4. The van der Waals surface area contributed by atoms with E-state index in [1.54, 1.807) is 4.90 Å². The van der Waals surface area contributed by atoms with Crippen LogP contribution in [0.15, 0.2) is 9.59 Å². The Morgan fingerprint density at radius 1 is 1.03 bits per heavy atom. The molecule has 0 atom stereocenters. The van der Waals surface area contributed by atoms with Gasteiger partial charge in [-0.2, -0.15) is 0 Å². The van der Waals surface area contributed by atoms with E-state index in [0.717, 1.165) is 25.7 Å². The number of carbonyl (C=O) groups is 2. The Morgan fingerprint density at radius 2 is 1.68 bits per heavy atom. The number of hydrogen-bond acceptors (Lipinski definition) is 7. The highest BCUT2D eigenvalue weighted by Crippen LogP contribution is 2.61. The number of aromatic hydroxyl groups is 1. The normalized spacial score (nSPS) is 31.6. The molecule has 1 aromatic rings. The molecule has 2 spiro atoms. The minimum absolute atomic E-state index is 0.125. The molecule has 1 aromatic heterocycles. The van der Waals surface area contributed by atoms with Crippen molar-refractivity contribution in [3.63, 3.8) is 0 Å². The summed E-state index contributed by atoms with van der Waals surface area (Å²) in [6.45, 7) is 2.01. The van der Waals surface area contributed by atoms with Crippen LogP contribution in [-0.2, 0) is 16.1 Å². The molecule has 38 heavy (non-hydrogen) atoms. The first kappa shape index (κ1) is 25.1. The molecular weight excluding hydrogens is 492 g/mol.